The van der Waals surface area contributed by atoms with E-state index in [4.69, 9.17) is 9.47 Å². The third kappa shape index (κ3) is 6.46. The second-order valence-corrected chi connectivity index (χ2v) is 9.71. The molecule has 0 atom stereocenters. The Morgan fingerprint density at radius 1 is 0.906 bits per heavy atom. The van der Waals surface area contributed by atoms with Crippen LogP contribution >= 0.6 is 0 Å². The Hall–Kier alpha value is -2.58. The third-order valence-electron chi connectivity index (χ3n) is 5.33. The molecule has 0 aromatic heterocycles. The molecule has 1 N–H and O–H groups in total. The van der Waals surface area contributed by atoms with E-state index in [1.54, 1.807) is 28.6 Å². The summed E-state index contributed by atoms with van der Waals surface area (Å²) in [5.74, 6) is 1.07. The monoisotopic (exact) mass is 460 g/mol. The van der Waals surface area contributed by atoms with E-state index in [0.29, 0.717) is 55.5 Å². The molecule has 1 fully saturated rings. The first-order valence-electron chi connectivity index (χ1n) is 11.2. The van der Waals surface area contributed by atoms with Crippen LogP contribution in [-0.2, 0) is 22.3 Å². The average Bonchev–Trinajstić information content (AvgIpc) is 2.80. The predicted molar refractivity (Wildman–Crippen MR) is 124 cm³/mol. The van der Waals surface area contributed by atoms with Gasteiger partial charge in [-0.15, -0.1) is 0 Å². The fourth-order valence-corrected chi connectivity index (χ4v) is 5.30. The second-order valence-electron chi connectivity index (χ2n) is 7.74. The summed E-state index contributed by atoms with van der Waals surface area (Å²) < 4.78 is 38.0. The van der Waals surface area contributed by atoms with Crippen LogP contribution in [0.2, 0.25) is 0 Å². The van der Waals surface area contributed by atoms with Gasteiger partial charge in [0.25, 0.3) is 5.91 Å². The SMILES string of the molecule is CCOc1ccc(CNC(=O)c2ccc(CS(=O)(=O)N3CCCCC3)cc2)cc1OCC. The Labute approximate surface area is 190 Å². The summed E-state index contributed by atoms with van der Waals surface area (Å²) in [5.41, 5.74) is 2.06. The zero-order valence-corrected chi connectivity index (χ0v) is 19.6. The molecule has 174 valence electrons. The van der Waals surface area contributed by atoms with Crippen LogP contribution in [0.1, 0.15) is 54.6 Å². The van der Waals surface area contributed by atoms with Gasteiger partial charge in [0.05, 0.1) is 19.0 Å². The summed E-state index contributed by atoms with van der Waals surface area (Å²) in [7, 11) is -3.32. The Kier molecular flexibility index (Phi) is 8.53. The van der Waals surface area contributed by atoms with Gasteiger partial charge in [0.15, 0.2) is 11.5 Å². The van der Waals surface area contributed by atoms with Gasteiger partial charge in [-0.05, 0) is 62.1 Å². The largest absolute Gasteiger partial charge is 0.490 e. The van der Waals surface area contributed by atoms with Gasteiger partial charge < -0.3 is 14.8 Å². The minimum Gasteiger partial charge on any atom is -0.490 e. The van der Waals surface area contributed by atoms with Crippen LogP contribution in [0.15, 0.2) is 42.5 Å². The topological polar surface area (TPSA) is 84.9 Å². The number of carbonyl (C=O) groups excluding carboxylic acids is 1. The molecule has 0 saturated carbocycles. The van der Waals surface area contributed by atoms with Crippen LogP contribution < -0.4 is 14.8 Å². The number of sulfonamides is 1. The fourth-order valence-electron chi connectivity index (χ4n) is 3.69. The first-order chi connectivity index (χ1) is 15.4. The molecule has 1 heterocycles. The number of rotatable bonds is 10. The highest BCUT2D eigenvalue weighted by molar-refractivity contribution is 7.88. The summed E-state index contributed by atoms with van der Waals surface area (Å²) in [6, 6.07) is 12.3. The predicted octanol–water partition coefficient (Wildman–Crippen LogP) is 3.73. The van der Waals surface area contributed by atoms with Crippen molar-refractivity contribution in [2.24, 2.45) is 0 Å². The molecule has 0 unspecified atom stereocenters. The maximum Gasteiger partial charge on any atom is 0.251 e. The van der Waals surface area contributed by atoms with Gasteiger partial charge in [0.1, 0.15) is 0 Å². The molecule has 1 aliphatic heterocycles. The molecule has 0 aliphatic carbocycles. The first kappa shape index (κ1) is 24.1. The normalized spacial score (nSPS) is 14.7. The molecule has 0 bridgehead atoms. The minimum absolute atomic E-state index is 0.0404. The van der Waals surface area contributed by atoms with Crippen LogP contribution in [0.25, 0.3) is 0 Å². The zero-order chi connectivity index (χ0) is 23.0. The Bertz CT molecular complexity index is 1000. The van der Waals surface area contributed by atoms with Gasteiger partial charge in [0, 0.05) is 25.2 Å². The van der Waals surface area contributed by atoms with Crippen molar-refractivity contribution < 1.29 is 22.7 Å². The van der Waals surface area contributed by atoms with Crippen molar-refractivity contribution in [3.8, 4) is 11.5 Å². The summed E-state index contributed by atoms with van der Waals surface area (Å²) in [6.45, 7) is 6.43. The van der Waals surface area contributed by atoms with Crippen LogP contribution in [0.4, 0.5) is 0 Å². The lowest BCUT2D eigenvalue weighted by Crippen LogP contribution is -2.36. The van der Waals surface area contributed by atoms with Gasteiger partial charge in [0.2, 0.25) is 10.0 Å². The van der Waals surface area contributed by atoms with Gasteiger partial charge in [-0.25, -0.2) is 12.7 Å². The summed E-state index contributed by atoms with van der Waals surface area (Å²) >= 11 is 0. The van der Waals surface area contributed by atoms with E-state index in [-0.39, 0.29) is 11.7 Å². The number of hydrogen-bond donors (Lipinski definition) is 1. The summed E-state index contributed by atoms with van der Waals surface area (Å²) in [6.07, 6.45) is 2.91. The van der Waals surface area contributed by atoms with Gasteiger partial charge in [-0.2, -0.15) is 0 Å². The molecular weight excluding hydrogens is 428 g/mol. The number of amides is 1. The first-order valence-corrected chi connectivity index (χ1v) is 12.8. The van der Waals surface area contributed by atoms with Crippen molar-refractivity contribution in [2.45, 2.75) is 45.4 Å². The van der Waals surface area contributed by atoms with E-state index < -0.39 is 10.0 Å². The highest BCUT2D eigenvalue weighted by atomic mass is 32.2. The van der Waals surface area contributed by atoms with E-state index >= 15 is 0 Å². The maximum absolute atomic E-state index is 12.6. The fraction of sp³-hybridized carbons (Fsp3) is 0.458. The van der Waals surface area contributed by atoms with Crippen molar-refractivity contribution in [1.29, 1.82) is 0 Å². The molecule has 0 spiro atoms. The van der Waals surface area contributed by atoms with Gasteiger partial charge in [-0.3, -0.25) is 4.79 Å². The number of hydrogen-bond acceptors (Lipinski definition) is 5. The zero-order valence-electron chi connectivity index (χ0n) is 18.8. The lowest BCUT2D eigenvalue weighted by atomic mass is 10.1. The van der Waals surface area contributed by atoms with E-state index in [1.165, 1.54) is 0 Å². The maximum atomic E-state index is 12.6. The lowest BCUT2D eigenvalue weighted by Gasteiger charge is -2.25. The van der Waals surface area contributed by atoms with Crippen molar-refractivity contribution in [3.05, 3.63) is 59.2 Å². The van der Waals surface area contributed by atoms with E-state index in [0.717, 1.165) is 24.8 Å². The quantitative estimate of drug-likeness (QED) is 0.584. The molecule has 7 nitrogen and oxygen atoms in total. The standard InChI is InChI=1S/C24H32N2O5S/c1-3-30-22-13-10-20(16-23(22)31-4-2)17-25-24(27)21-11-8-19(9-12-21)18-32(28,29)26-14-6-5-7-15-26/h8-13,16H,3-7,14-15,17-18H2,1-2H3,(H,25,27). The van der Waals surface area contributed by atoms with Crippen LogP contribution in [0.5, 0.6) is 11.5 Å². The second kappa shape index (κ2) is 11.3. The third-order valence-corrected chi connectivity index (χ3v) is 7.18. The molecule has 1 aliphatic rings. The minimum atomic E-state index is -3.32. The molecule has 1 amide bonds. The highest BCUT2D eigenvalue weighted by Crippen LogP contribution is 2.28. The van der Waals surface area contributed by atoms with Crippen LogP contribution in [0, 0.1) is 0 Å². The molecule has 2 aromatic rings. The molecule has 32 heavy (non-hydrogen) atoms. The van der Waals surface area contributed by atoms with E-state index in [9.17, 15) is 13.2 Å². The number of benzene rings is 2. The van der Waals surface area contributed by atoms with Crippen molar-refractivity contribution >= 4 is 15.9 Å². The van der Waals surface area contributed by atoms with Crippen LogP contribution in [0.3, 0.4) is 0 Å². The molecule has 8 heteroatoms. The van der Waals surface area contributed by atoms with Gasteiger partial charge >= 0.3 is 0 Å². The van der Waals surface area contributed by atoms with E-state index in [2.05, 4.69) is 5.32 Å². The highest BCUT2D eigenvalue weighted by Gasteiger charge is 2.24. The summed E-state index contributed by atoms with van der Waals surface area (Å²) in [5, 5.41) is 2.89. The van der Waals surface area contributed by atoms with Crippen molar-refractivity contribution in [1.82, 2.24) is 9.62 Å². The van der Waals surface area contributed by atoms with E-state index in [1.807, 2.05) is 32.0 Å². The number of piperidine rings is 1. The van der Waals surface area contributed by atoms with Crippen LogP contribution in [-0.4, -0.2) is 44.9 Å². The van der Waals surface area contributed by atoms with Crippen molar-refractivity contribution in [2.75, 3.05) is 26.3 Å². The smallest absolute Gasteiger partial charge is 0.251 e. The number of nitrogens with one attached hydrogen (secondary N) is 1. The molecular formula is C24H32N2O5S. The Morgan fingerprint density at radius 3 is 2.19 bits per heavy atom. The molecule has 2 aromatic carbocycles. The molecule has 3 rings (SSSR count). The Balaban J connectivity index is 1.58. The number of ether oxygens (including phenoxy) is 2. The Morgan fingerprint density at radius 2 is 1.53 bits per heavy atom. The average molecular weight is 461 g/mol. The molecule has 0 radical (unpaired) electrons. The summed E-state index contributed by atoms with van der Waals surface area (Å²) in [4.78, 5) is 12.5. The number of nitrogens with zero attached hydrogens (tertiary/aromatic N) is 1. The molecule has 1 saturated heterocycles. The van der Waals surface area contributed by atoms with Crippen molar-refractivity contribution in [3.63, 3.8) is 0 Å². The number of carbonyl (C=O) groups is 1. The lowest BCUT2D eigenvalue weighted by molar-refractivity contribution is 0.0951. The van der Waals surface area contributed by atoms with Gasteiger partial charge in [-0.1, -0.05) is 24.6 Å².